The first-order chi connectivity index (χ1) is 11.9. The summed E-state index contributed by atoms with van der Waals surface area (Å²) >= 11 is 5.74. The van der Waals surface area contributed by atoms with Gasteiger partial charge in [-0.1, -0.05) is 31.4 Å². The SMILES string of the molecule is CC1CCCCC1N/C=C(/C#N)C(=O)Nc1ccc(Cl)c([N+](=O)[O-])c1. The zero-order valence-electron chi connectivity index (χ0n) is 13.8. The van der Waals surface area contributed by atoms with Crippen molar-refractivity contribution in [3.05, 3.63) is 45.1 Å². The van der Waals surface area contributed by atoms with Crippen molar-refractivity contribution in [2.24, 2.45) is 5.92 Å². The fraction of sp³-hybridized carbons (Fsp3) is 0.412. The highest BCUT2D eigenvalue weighted by atomic mass is 35.5. The van der Waals surface area contributed by atoms with Crippen LogP contribution in [0.25, 0.3) is 0 Å². The second-order valence-corrected chi connectivity index (χ2v) is 6.49. The Labute approximate surface area is 150 Å². The van der Waals surface area contributed by atoms with E-state index in [-0.39, 0.29) is 28.0 Å². The van der Waals surface area contributed by atoms with Crippen LogP contribution >= 0.6 is 11.6 Å². The number of anilines is 1. The highest BCUT2D eigenvalue weighted by Crippen LogP contribution is 2.27. The summed E-state index contributed by atoms with van der Waals surface area (Å²) in [6, 6.07) is 6.02. The third kappa shape index (κ3) is 4.94. The van der Waals surface area contributed by atoms with Crippen LogP contribution in [0, 0.1) is 27.4 Å². The van der Waals surface area contributed by atoms with Crippen molar-refractivity contribution in [3.63, 3.8) is 0 Å². The van der Waals surface area contributed by atoms with E-state index in [0.29, 0.717) is 5.92 Å². The van der Waals surface area contributed by atoms with Gasteiger partial charge in [-0.05, 0) is 30.9 Å². The predicted molar refractivity (Wildman–Crippen MR) is 95.0 cm³/mol. The average Bonchev–Trinajstić information content (AvgIpc) is 2.58. The number of nitrogens with zero attached hydrogens (tertiary/aromatic N) is 2. The third-order valence-corrected chi connectivity index (χ3v) is 4.64. The Kier molecular flexibility index (Phi) is 6.37. The molecule has 1 aliphatic rings. The fourth-order valence-corrected chi connectivity index (χ4v) is 3.02. The van der Waals surface area contributed by atoms with Crippen LogP contribution in [0.3, 0.4) is 0 Å². The van der Waals surface area contributed by atoms with Gasteiger partial charge in [0.25, 0.3) is 11.6 Å². The Balaban J connectivity index is 2.07. The molecule has 1 aromatic rings. The molecular weight excluding hydrogens is 344 g/mol. The third-order valence-electron chi connectivity index (χ3n) is 4.32. The molecule has 1 amide bonds. The van der Waals surface area contributed by atoms with Crippen molar-refractivity contribution in [1.82, 2.24) is 5.32 Å². The lowest BCUT2D eigenvalue weighted by Crippen LogP contribution is -2.34. The molecule has 1 aromatic carbocycles. The number of carbonyl (C=O) groups excluding carboxylic acids is 1. The van der Waals surface area contributed by atoms with Gasteiger partial charge in [0.1, 0.15) is 16.7 Å². The van der Waals surface area contributed by atoms with Crippen molar-refractivity contribution >= 4 is 28.9 Å². The van der Waals surface area contributed by atoms with E-state index in [2.05, 4.69) is 17.6 Å². The minimum atomic E-state index is -0.634. The van der Waals surface area contributed by atoms with Gasteiger partial charge in [0.2, 0.25) is 0 Å². The highest BCUT2D eigenvalue weighted by molar-refractivity contribution is 6.32. The van der Waals surface area contributed by atoms with E-state index in [9.17, 15) is 20.2 Å². The van der Waals surface area contributed by atoms with Crippen molar-refractivity contribution in [2.45, 2.75) is 38.6 Å². The molecule has 1 saturated carbocycles. The number of rotatable bonds is 5. The lowest BCUT2D eigenvalue weighted by atomic mass is 9.86. The maximum Gasteiger partial charge on any atom is 0.289 e. The van der Waals surface area contributed by atoms with E-state index < -0.39 is 10.8 Å². The molecule has 0 aromatic heterocycles. The van der Waals surface area contributed by atoms with Gasteiger partial charge in [0.05, 0.1) is 4.92 Å². The van der Waals surface area contributed by atoms with Gasteiger partial charge in [-0.15, -0.1) is 0 Å². The van der Waals surface area contributed by atoms with Crippen LogP contribution in [-0.2, 0) is 4.79 Å². The monoisotopic (exact) mass is 362 g/mol. The van der Waals surface area contributed by atoms with Crippen LogP contribution in [0.2, 0.25) is 5.02 Å². The molecule has 0 bridgehead atoms. The first-order valence-corrected chi connectivity index (χ1v) is 8.41. The molecule has 7 nitrogen and oxygen atoms in total. The molecule has 0 heterocycles. The molecule has 1 fully saturated rings. The van der Waals surface area contributed by atoms with Gasteiger partial charge >= 0.3 is 0 Å². The normalized spacial score (nSPS) is 20.4. The van der Waals surface area contributed by atoms with Gasteiger partial charge in [-0.25, -0.2) is 0 Å². The summed E-state index contributed by atoms with van der Waals surface area (Å²) in [6.45, 7) is 2.14. The summed E-state index contributed by atoms with van der Waals surface area (Å²) in [7, 11) is 0. The van der Waals surface area contributed by atoms with E-state index in [1.54, 1.807) is 0 Å². The van der Waals surface area contributed by atoms with Gasteiger partial charge in [-0.3, -0.25) is 14.9 Å². The number of nitro benzene ring substituents is 1. The Bertz CT molecular complexity index is 742. The van der Waals surface area contributed by atoms with E-state index in [1.807, 2.05) is 6.07 Å². The molecule has 2 N–H and O–H groups in total. The lowest BCUT2D eigenvalue weighted by Gasteiger charge is -2.29. The van der Waals surface area contributed by atoms with Crippen LogP contribution in [0.1, 0.15) is 32.6 Å². The van der Waals surface area contributed by atoms with E-state index >= 15 is 0 Å². The average molecular weight is 363 g/mol. The summed E-state index contributed by atoms with van der Waals surface area (Å²) in [4.78, 5) is 22.5. The molecule has 1 aliphatic carbocycles. The molecule has 2 unspecified atom stereocenters. The molecule has 8 heteroatoms. The van der Waals surface area contributed by atoms with Crippen LogP contribution in [-0.4, -0.2) is 16.9 Å². The van der Waals surface area contributed by atoms with Crippen LogP contribution in [0.4, 0.5) is 11.4 Å². The summed E-state index contributed by atoms with van der Waals surface area (Å²) in [5, 5.41) is 25.7. The summed E-state index contributed by atoms with van der Waals surface area (Å²) in [5.74, 6) is -0.151. The van der Waals surface area contributed by atoms with Crippen molar-refractivity contribution < 1.29 is 9.72 Å². The van der Waals surface area contributed by atoms with Gasteiger partial charge < -0.3 is 10.6 Å². The number of hydrogen-bond donors (Lipinski definition) is 2. The van der Waals surface area contributed by atoms with Gasteiger partial charge in [0.15, 0.2) is 0 Å². The standard InChI is InChI=1S/C17H19ClN4O3/c1-11-4-2-3-5-15(11)20-10-12(9-19)17(23)21-13-6-7-14(18)16(8-13)22(24)25/h6-8,10-11,15,20H,2-5H2,1H3,(H,21,23)/b12-10-. The summed E-state index contributed by atoms with van der Waals surface area (Å²) in [6.07, 6.45) is 5.87. The van der Waals surface area contributed by atoms with Gasteiger partial charge in [0, 0.05) is 24.0 Å². The van der Waals surface area contributed by atoms with Crippen molar-refractivity contribution in [2.75, 3.05) is 5.32 Å². The first kappa shape index (κ1) is 18.7. The number of nitro groups is 1. The highest BCUT2D eigenvalue weighted by Gasteiger charge is 2.21. The maximum absolute atomic E-state index is 12.2. The van der Waals surface area contributed by atoms with E-state index in [1.165, 1.54) is 24.8 Å². The largest absolute Gasteiger partial charge is 0.387 e. The summed E-state index contributed by atoms with van der Waals surface area (Å²) < 4.78 is 0. The maximum atomic E-state index is 12.2. The quantitative estimate of drug-likeness (QED) is 0.359. The fourth-order valence-electron chi connectivity index (χ4n) is 2.83. The zero-order chi connectivity index (χ0) is 18.4. The molecule has 2 rings (SSSR count). The Morgan fingerprint density at radius 3 is 2.80 bits per heavy atom. The zero-order valence-corrected chi connectivity index (χ0v) is 14.5. The second kappa shape index (κ2) is 8.49. The van der Waals surface area contributed by atoms with Crippen LogP contribution < -0.4 is 10.6 Å². The topological polar surface area (TPSA) is 108 Å². The van der Waals surface area contributed by atoms with E-state index in [4.69, 9.17) is 11.6 Å². The molecule has 25 heavy (non-hydrogen) atoms. The van der Waals surface area contributed by atoms with Gasteiger partial charge in [-0.2, -0.15) is 5.26 Å². The van der Waals surface area contributed by atoms with E-state index in [0.717, 1.165) is 25.3 Å². The number of nitrogens with one attached hydrogen (secondary N) is 2. The molecule has 2 atom stereocenters. The Morgan fingerprint density at radius 1 is 1.44 bits per heavy atom. The predicted octanol–water partition coefficient (Wildman–Crippen LogP) is 3.76. The molecule has 0 saturated heterocycles. The molecule has 0 radical (unpaired) electrons. The lowest BCUT2D eigenvalue weighted by molar-refractivity contribution is -0.384. The minimum absolute atomic E-state index is 0.0213. The first-order valence-electron chi connectivity index (χ1n) is 8.04. The summed E-state index contributed by atoms with van der Waals surface area (Å²) in [5.41, 5.74) is -0.195. The number of carbonyl (C=O) groups is 1. The number of amides is 1. The molecule has 0 aliphatic heterocycles. The van der Waals surface area contributed by atoms with Crippen LogP contribution in [0.5, 0.6) is 0 Å². The molecular formula is C17H19ClN4O3. The Morgan fingerprint density at radius 2 is 2.16 bits per heavy atom. The Hall–Kier alpha value is -2.59. The molecule has 132 valence electrons. The van der Waals surface area contributed by atoms with Crippen molar-refractivity contribution in [3.8, 4) is 6.07 Å². The second-order valence-electron chi connectivity index (χ2n) is 6.08. The van der Waals surface area contributed by atoms with Crippen LogP contribution in [0.15, 0.2) is 30.0 Å². The number of hydrogen-bond acceptors (Lipinski definition) is 5. The van der Waals surface area contributed by atoms with Crippen molar-refractivity contribution in [1.29, 1.82) is 5.26 Å². The number of nitriles is 1. The number of benzene rings is 1. The molecule has 0 spiro atoms. The minimum Gasteiger partial charge on any atom is -0.387 e. The smallest absolute Gasteiger partial charge is 0.289 e. The number of halogens is 1.